The van der Waals surface area contributed by atoms with Gasteiger partial charge >= 0.3 is 0 Å². The second kappa shape index (κ2) is 8.64. The molecule has 1 aliphatic carbocycles. The van der Waals surface area contributed by atoms with E-state index >= 15 is 0 Å². The van der Waals surface area contributed by atoms with Crippen LogP contribution in [-0.2, 0) is 11.3 Å². The molecule has 0 N–H and O–H groups in total. The predicted octanol–water partition coefficient (Wildman–Crippen LogP) is 4.75. The van der Waals surface area contributed by atoms with Crippen molar-refractivity contribution in [3.63, 3.8) is 0 Å². The Morgan fingerprint density at radius 1 is 1.13 bits per heavy atom. The molecule has 1 aromatic heterocycles. The number of hydrogen-bond acceptors (Lipinski definition) is 5. The van der Waals surface area contributed by atoms with Crippen LogP contribution in [0.2, 0.25) is 0 Å². The van der Waals surface area contributed by atoms with Crippen molar-refractivity contribution in [3.8, 4) is 11.4 Å². The van der Waals surface area contributed by atoms with Crippen LogP contribution < -0.4 is 0 Å². The number of nitrogens with zero attached hydrogens (tertiary/aromatic N) is 4. The van der Waals surface area contributed by atoms with E-state index in [1.54, 1.807) is 0 Å². The quantitative estimate of drug-likeness (QED) is 0.690. The highest BCUT2D eigenvalue weighted by atomic mass is 32.2. The average molecular weight is 427 g/mol. The lowest BCUT2D eigenvalue weighted by Crippen LogP contribution is -2.45. The number of benzene rings is 1. The van der Waals surface area contributed by atoms with Gasteiger partial charge in [-0.3, -0.25) is 0 Å². The summed E-state index contributed by atoms with van der Waals surface area (Å²) in [4.78, 5) is 7.43. The highest BCUT2D eigenvalue weighted by Crippen LogP contribution is 2.55. The monoisotopic (exact) mass is 426 g/mol. The van der Waals surface area contributed by atoms with Crippen LogP contribution in [0.3, 0.4) is 0 Å². The van der Waals surface area contributed by atoms with Crippen LogP contribution in [-0.4, -0.2) is 58.5 Å². The molecule has 5 nitrogen and oxygen atoms in total. The summed E-state index contributed by atoms with van der Waals surface area (Å²) >= 11 is 2.07. The fraction of sp³-hybridized carbons (Fsp3) is 0.667. The first-order valence-corrected chi connectivity index (χ1v) is 12.7. The zero-order valence-electron chi connectivity index (χ0n) is 18.3. The van der Waals surface area contributed by atoms with Crippen molar-refractivity contribution in [3.05, 3.63) is 35.7 Å². The van der Waals surface area contributed by atoms with Gasteiger partial charge in [-0.15, -0.1) is 0 Å². The topological polar surface area (TPSA) is 43.2 Å². The molecule has 1 unspecified atom stereocenters. The number of ether oxygens (including phenoxy) is 1. The first kappa shape index (κ1) is 20.5. The van der Waals surface area contributed by atoms with E-state index in [4.69, 9.17) is 14.8 Å². The third-order valence-electron chi connectivity index (χ3n) is 7.25. The molecule has 2 saturated heterocycles. The van der Waals surface area contributed by atoms with Gasteiger partial charge in [0, 0.05) is 30.0 Å². The van der Waals surface area contributed by atoms with Crippen molar-refractivity contribution in [1.82, 2.24) is 19.7 Å². The van der Waals surface area contributed by atoms with E-state index in [-0.39, 0.29) is 0 Å². The van der Waals surface area contributed by atoms with E-state index in [1.807, 2.05) is 0 Å². The molecule has 1 aromatic carbocycles. The van der Waals surface area contributed by atoms with E-state index < -0.39 is 0 Å². The Morgan fingerprint density at radius 3 is 2.57 bits per heavy atom. The summed E-state index contributed by atoms with van der Waals surface area (Å²) in [5, 5.41) is 5.14. The van der Waals surface area contributed by atoms with Gasteiger partial charge in [0.1, 0.15) is 5.82 Å². The van der Waals surface area contributed by atoms with Gasteiger partial charge in [0.2, 0.25) is 0 Å². The first-order chi connectivity index (χ1) is 14.6. The van der Waals surface area contributed by atoms with Crippen molar-refractivity contribution in [2.75, 3.05) is 38.8 Å². The van der Waals surface area contributed by atoms with Crippen LogP contribution in [0.5, 0.6) is 0 Å². The molecule has 5 rings (SSSR count). The maximum absolute atomic E-state index is 5.94. The molecule has 0 bridgehead atoms. The minimum atomic E-state index is 0.305. The maximum Gasteiger partial charge on any atom is 0.181 e. The Labute approximate surface area is 184 Å². The minimum Gasteiger partial charge on any atom is -0.381 e. The lowest BCUT2D eigenvalue weighted by atomic mass is 9.59. The fourth-order valence-corrected chi connectivity index (χ4v) is 6.51. The van der Waals surface area contributed by atoms with Gasteiger partial charge in [0.05, 0.1) is 12.6 Å². The Balaban J connectivity index is 1.50. The third kappa shape index (κ3) is 3.94. The SMILES string of the molecule is CN(C)Cc1ccc(-c2nc(C3CCOCC34CCC4)n(C3CCSCC3)n2)cc1. The summed E-state index contributed by atoms with van der Waals surface area (Å²) < 4.78 is 8.28. The smallest absolute Gasteiger partial charge is 0.181 e. The molecular weight excluding hydrogens is 392 g/mol. The van der Waals surface area contributed by atoms with E-state index in [0.717, 1.165) is 37.6 Å². The summed E-state index contributed by atoms with van der Waals surface area (Å²) in [6.45, 7) is 2.71. The molecule has 2 aliphatic heterocycles. The molecule has 3 aliphatic rings. The largest absolute Gasteiger partial charge is 0.381 e. The molecular formula is C24H34N4OS. The van der Waals surface area contributed by atoms with E-state index in [9.17, 15) is 0 Å². The molecule has 6 heteroatoms. The van der Waals surface area contributed by atoms with Gasteiger partial charge in [-0.1, -0.05) is 30.7 Å². The molecule has 0 radical (unpaired) electrons. The van der Waals surface area contributed by atoms with E-state index in [1.165, 1.54) is 55.0 Å². The van der Waals surface area contributed by atoms with Crippen LogP contribution in [0.25, 0.3) is 11.4 Å². The Bertz CT molecular complexity index is 853. The molecule has 3 heterocycles. The normalized spacial score (nSPS) is 24.3. The van der Waals surface area contributed by atoms with Gasteiger partial charge < -0.3 is 9.64 Å². The summed E-state index contributed by atoms with van der Waals surface area (Å²) in [7, 11) is 4.21. The number of hydrogen-bond donors (Lipinski definition) is 0. The third-order valence-corrected chi connectivity index (χ3v) is 8.29. The van der Waals surface area contributed by atoms with Crippen molar-refractivity contribution in [2.45, 2.75) is 57.0 Å². The van der Waals surface area contributed by atoms with Crippen molar-refractivity contribution in [1.29, 1.82) is 0 Å². The fourth-order valence-electron chi connectivity index (χ4n) is 5.43. The van der Waals surface area contributed by atoms with Gasteiger partial charge in [-0.25, -0.2) is 9.67 Å². The maximum atomic E-state index is 5.94. The summed E-state index contributed by atoms with van der Waals surface area (Å²) in [6.07, 6.45) is 7.38. The molecule has 2 aromatic rings. The summed E-state index contributed by atoms with van der Waals surface area (Å²) in [6, 6.07) is 9.32. The van der Waals surface area contributed by atoms with Crippen molar-refractivity contribution < 1.29 is 4.74 Å². The molecule has 0 amide bonds. The Hall–Kier alpha value is -1.37. The number of thioether (sulfide) groups is 1. The predicted molar refractivity (Wildman–Crippen MR) is 123 cm³/mol. The molecule has 1 atom stereocenters. The lowest BCUT2D eigenvalue weighted by molar-refractivity contribution is -0.0737. The second-order valence-corrected chi connectivity index (χ2v) is 10.9. The highest BCUT2D eigenvalue weighted by molar-refractivity contribution is 7.99. The van der Waals surface area contributed by atoms with Crippen LogP contribution in [0.1, 0.15) is 61.9 Å². The van der Waals surface area contributed by atoms with Crippen LogP contribution >= 0.6 is 11.8 Å². The minimum absolute atomic E-state index is 0.305. The van der Waals surface area contributed by atoms with Crippen molar-refractivity contribution >= 4 is 11.8 Å². The molecule has 3 fully saturated rings. The zero-order valence-corrected chi connectivity index (χ0v) is 19.2. The molecule has 1 spiro atoms. The van der Waals surface area contributed by atoms with Gasteiger partial charge in [-0.2, -0.15) is 16.9 Å². The van der Waals surface area contributed by atoms with E-state index in [0.29, 0.717) is 17.4 Å². The summed E-state index contributed by atoms with van der Waals surface area (Å²) in [5.74, 6) is 5.10. The van der Waals surface area contributed by atoms with Crippen LogP contribution in [0.4, 0.5) is 0 Å². The zero-order chi connectivity index (χ0) is 20.6. The van der Waals surface area contributed by atoms with Crippen LogP contribution in [0.15, 0.2) is 24.3 Å². The number of rotatable bonds is 5. The molecule has 1 saturated carbocycles. The lowest BCUT2D eigenvalue weighted by Gasteiger charge is -2.50. The highest BCUT2D eigenvalue weighted by Gasteiger charge is 2.49. The average Bonchev–Trinajstić information content (AvgIpc) is 3.18. The Morgan fingerprint density at radius 2 is 1.90 bits per heavy atom. The molecule has 162 valence electrons. The van der Waals surface area contributed by atoms with Gasteiger partial charge in [-0.05, 0) is 63.3 Å². The van der Waals surface area contributed by atoms with Gasteiger partial charge in [0.15, 0.2) is 5.82 Å². The number of aromatic nitrogens is 3. The van der Waals surface area contributed by atoms with E-state index in [2.05, 4.69) is 59.7 Å². The van der Waals surface area contributed by atoms with Crippen LogP contribution in [0, 0.1) is 5.41 Å². The first-order valence-electron chi connectivity index (χ1n) is 11.5. The second-order valence-electron chi connectivity index (χ2n) is 9.63. The molecule has 30 heavy (non-hydrogen) atoms. The standard InChI is InChI=1S/C24H34N4OS/c1-27(2)16-18-4-6-19(7-5-18)22-25-23(28(26-22)20-9-14-30-15-10-20)21-8-13-29-17-24(21)11-3-12-24/h4-7,20-21H,3,8-17H2,1-2H3. The van der Waals surface area contributed by atoms with Crippen molar-refractivity contribution in [2.24, 2.45) is 5.41 Å². The Kier molecular flexibility index (Phi) is 5.91. The summed E-state index contributed by atoms with van der Waals surface area (Å²) in [5.41, 5.74) is 2.77. The van der Waals surface area contributed by atoms with Gasteiger partial charge in [0.25, 0.3) is 0 Å².